The molecule has 0 radical (unpaired) electrons. The number of thioether (sulfide) groups is 1. The number of aromatic nitrogens is 3. The van der Waals surface area contributed by atoms with Crippen LogP contribution in [0.1, 0.15) is 30.7 Å². The summed E-state index contributed by atoms with van der Waals surface area (Å²) >= 11 is 7.65. The zero-order valence-electron chi connectivity index (χ0n) is 13.9. The highest BCUT2D eigenvalue weighted by Crippen LogP contribution is 2.25. The van der Waals surface area contributed by atoms with Crippen molar-refractivity contribution in [1.29, 1.82) is 0 Å². The van der Waals surface area contributed by atoms with Crippen molar-refractivity contribution in [3.05, 3.63) is 40.7 Å². The molecule has 134 valence electrons. The molecular weight excluding hydrogens is 360 g/mol. The molecule has 1 amide bonds. The van der Waals surface area contributed by atoms with Gasteiger partial charge in [0.25, 0.3) is 0 Å². The summed E-state index contributed by atoms with van der Waals surface area (Å²) in [4.78, 5) is 11.1. The van der Waals surface area contributed by atoms with Gasteiger partial charge in [0, 0.05) is 30.2 Å². The van der Waals surface area contributed by atoms with Crippen molar-refractivity contribution in [2.45, 2.75) is 49.2 Å². The number of nitrogens with two attached hydrogens (primary N) is 1. The summed E-state index contributed by atoms with van der Waals surface area (Å²) in [7, 11) is 0. The second-order valence-corrected chi connectivity index (χ2v) is 7.41. The topological polar surface area (TPSA) is 83.0 Å². The molecule has 0 bridgehead atoms. The second kappa shape index (κ2) is 8.69. The van der Waals surface area contributed by atoms with Crippen LogP contribution in [-0.2, 0) is 28.2 Å². The number of rotatable bonds is 8. The van der Waals surface area contributed by atoms with Crippen LogP contribution in [0.15, 0.2) is 29.4 Å². The van der Waals surface area contributed by atoms with Gasteiger partial charge in [-0.25, -0.2) is 0 Å². The molecule has 25 heavy (non-hydrogen) atoms. The highest BCUT2D eigenvalue weighted by Gasteiger charge is 2.21. The van der Waals surface area contributed by atoms with E-state index in [2.05, 4.69) is 14.8 Å². The summed E-state index contributed by atoms with van der Waals surface area (Å²) in [5, 5.41) is 10.1. The van der Waals surface area contributed by atoms with E-state index in [9.17, 15) is 4.79 Å². The Morgan fingerprint density at radius 1 is 1.44 bits per heavy atom. The Hall–Kier alpha value is -1.57. The Morgan fingerprint density at radius 2 is 2.32 bits per heavy atom. The maximum atomic E-state index is 11.1. The van der Waals surface area contributed by atoms with E-state index in [4.69, 9.17) is 22.1 Å². The fraction of sp³-hybridized carbons (Fsp3) is 0.471. The standard InChI is InChI=1S/C17H21ClN4O2S/c18-13-4-1-3-12(9-13)11-25-17-21-20-16(7-6-15(19)23)22(17)10-14-5-2-8-24-14/h1,3-4,9,14H,2,5-8,10-11H2,(H2,19,23)/t14-/m0/s1. The Labute approximate surface area is 156 Å². The Balaban J connectivity index is 1.73. The number of primary amides is 1. The number of carbonyl (C=O) groups is 1. The van der Waals surface area contributed by atoms with Crippen molar-refractivity contribution in [2.24, 2.45) is 5.73 Å². The number of aryl methyl sites for hydroxylation is 1. The SMILES string of the molecule is NC(=O)CCc1nnc(SCc2cccc(Cl)c2)n1C[C@@H]1CCCO1. The zero-order chi connectivity index (χ0) is 17.6. The highest BCUT2D eigenvalue weighted by atomic mass is 35.5. The van der Waals surface area contributed by atoms with E-state index >= 15 is 0 Å². The molecule has 0 unspecified atom stereocenters. The molecule has 1 fully saturated rings. The number of nitrogens with zero attached hydrogens (tertiary/aromatic N) is 3. The van der Waals surface area contributed by atoms with Crippen molar-refractivity contribution in [2.75, 3.05) is 6.61 Å². The van der Waals surface area contributed by atoms with Crippen molar-refractivity contribution >= 4 is 29.3 Å². The predicted molar refractivity (Wildman–Crippen MR) is 97.5 cm³/mol. The van der Waals surface area contributed by atoms with E-state index in [0.717, 1.165) is 46.8 Å². The Kier molecular flexibility index (Phi) is 6.34. The molecule has 1 aromatic heterocycles. The number of carbonyl (C=O) groups excluding carboxylic acids is 1. The first kappa shape index (κ1) is 18.2. The molecule has 2 N–H and O–H groups in total. The summed E-state index contributed by atoms with van der Waals surface area (Å²) in [6.45, 7) is 1.51. The van der Waals surface area contributed by atoms with E-state index in [1.54, 1.807) is 11.8 Å². The molecule has 0 saturated carbocycles. The van der Waals surface area contributed by atoms with Crippen molar-refractivity contribution in [1.82, 2.24) is 14.8 Å². The normalized spacial score (nSPS) is 17.1. The smallest absolute Gasteiger partial charge is 0.217 e. The molecule has 2 aromatic rings. The van der Waals surface area contributed by atoms with Gasteiger partial charge in [-0.1, -0.05) is 35.5 Å². The minimum atomic E-state index is -0.334. The highest BCUT2D eigenvalue weighted by molar-refractivity contribution is 7.98. The summed E-state index contributed by atoms with van der Waals surface area (Å²) in [6.07, 6.45) is 3.05. The van der Waals surface area contributed by atoms with Gasteiger partial charge in [0.05, 0.1) is 12.6 Å². The lowest BCUT2D eigenvalue weighted by atomic mass is 10.2. The molecule has 8 heteroatoms. The number of hydrogen-bond acceptors (Lipinski definition) is 5. The maximum absolute atomic E-state index is 11.1. The number of hydrogen-bond donors (Lipinski definition) is 1. The van der Waals surface area contributed by atoms with Gasteiger partial charge in [-0.15, -0.1) is 10.2 Å². The summed E-state index contributed by atoms with van der Waals surface area (Å²) in [5.74, 6) is 1.20. The van der Waals surface area contributed by atoms with Crippen LogP contribution in [0.3, 0.4) is 0 Å². The molecule has 1 aliphatic heterocycles. The molecule has 6 nitrogen and oxygen atoms in total. The van der Waals surface area contributed by atoms with E-state index < -0.39 is 0 Å². The van der Waals surface area contributed by atoms with Crippen molar-refractivity contribution in [3.63, 3.8) is 0 Å². The van der Waals surface area contributed by atoms with E-state index in [1.165, 1.54) is 0 Å². The summed E-state index contributed by atoms with van der Waals surface area (Å²) < 4.78 is 7.81. The quantitative estimate of drug-likeness (QED) is 0.712. The summed E-state index contributed by atoms with van der Waals surface area (Å²) in [5.41, 5.74) is 6.40. The molecule has 0 aliphatic carbocycles. The van der Waals surface area contributed by atoms with Gasteiger partial charge < -0.3 is 15.0 Å². The Morgan fingerprint density at radius 3 is 3.04 bits per heavy atom. The summed E-state index contributed by atoms with van der Waals surface area (Å²) in [6, 6.07) is 7.78. The van der Waals surface area contributed by atoms with Gasteiger partial charge in [-0.3, -0.25) is 4.79 Å². The number of benzene rings is 1. The second-order valence-electron chi connectivity index (χ2n) is 6.03. The van der Waals surface area contributed by atoms with Crippen molar-refractivity contribution < 1.29 is 9.53 Å². The van der Waals surface area contributed by atoms with E-state index in [1.807, 2.05) is 24.3 Å². The van der Waals surface area contributed by atoms with Gasteiger partial charge >= 0.3 is 0 Å². The fourth-order valence-corrected chi connectivity index (χ4v) is 3.92. The van der Waals surface area contributed by atoms with Gasteiger partial charge in [0.2, 0.25) is 5.91 Å². The van der Waals surface area contributed by atoms with Gasteiger partial charge in [0.1, 0.15) is 5.82 Å². The van der Waals surface area contributed by atoms with Crippen LogP contribution in [0, 0.1) is 0 Å². The first-order valence-electron chi connectivity index (χ1n) is 8.31. The van der Waals surface area contributed by atoms with E-state index in [-0.39, 0.29) is 18.4 Å². The maximum Gasteiger partial charge on any atom is 0.217 e. The lowest BCUT2D eigenvalue weighted by Crippen LogP contribution is -2.19. The monoisotopic (exact) mass is 380 g/mol. The Bertz CT molecular complexity index is 731. The van der Waals surface area contributed by atoms with Gasteiger partial charge in [-0.05, 0) is 30.5 Å². The van der Waals surface area contributed by atoms with Crippen molar-refractivity contribution in [3.8, 4) is 0 Å². The molecule has 2 heterocycles. The van der Waals surface area contributed by atoms with Crippen LogP contribution >= 0.6 is 23.4 Å². The number of amides is 1. The van der Waals surface area contributed by atoms with Gasteiger partial charge in [0.15, 0.2) is 5.16 Å². The molecule has 1 atom stereocenters. The largest absolute Gasteiger partial charge is 0.376 e. The van der Waals surface area contributed by atoms with Crippen LogP contribution in [0.4, 0.5) is 0 Å². The average Bonchev–Trinajstić information content (AvgIpc) is 3.22. The molecule has 1 saturated heterocycles. The zero-order valence-corrected chi connectivity index (χ0v) is 15.4. The van der Waals surface area contributed by atoms with Crippen LogP contribution < -0.4 is 5.73 Å². The fourth-order valence-electron chi connectivity index (χ4n) is 2.80. The lowest BCUT2D eigenvalue weighted by Gasteiger charge is -2.14. The lowest BCUT2D eigenvalue weighted by molar-refractivity contribution is -0.118. The molecule has 1 aliphatic rings. The first-order valence-corrected chi connectivity index (χ1v) is 9.67. The third-order valence-electron chi connectivity index (χ3n) is 4.06. The third kappa shape index (κ3) is 5.20. The minimum absolute atomic E-state index is 0.175. The van der Waals surface area contributed by atoms with E-state index in [0.29, 0.717) is 13.0 Å². The number of halogens is 1. The predicted octanol–water partition coefficient (Wildman–Crippen LogP) is 2.82. The molecule has 0 spiro atoms. The third-order valence-corrected chi connectivity index (χ3v) is 5.33. The molecule has 1 aromatic carbocycles. The van der Waals surface area contributed by atoms with Crippen LogP contribution in [0.5, 0.6) is 0 Å². The number of ether oxygens (including phenoxy) is 1. The average molecular weight is 381 g/mol. The molecule has 3 rings (SSSR count). The first-order chi connectivity index (χ1) is 12.1. The van der Waals surface area contributed by atoms with Gasteiger partial charge in [-0.2, -0.15) is 0 Å². The van der Waals surface area contributed by atoms with Crippen LogP contribution in [-0.4, -0.2) is 33.4 Å². The van der Waals surface area contributed by atoms with Crippen LogP contribution in [0.2, 0.25) is 5.02 Å². The molecular formula is C17H21ClN4O2S. The minimum Gasteiger partial charge on any atom is -0.376 e. The van der Waals surface area contributed by atoms with Crippen LogP contribution in [0.25, 0.3) is 0 Å².